The standard InChI is InChI=1S/C17H16FNO/c18-16-7-3-1-6-14(16)11-15(20)12-19-10-9-13-5-2-4-8-17(13)19/h1-8H,9-12H2. The highest BCUT2D eigenvalue weighted by molar-refractivity contribution is 5.86. The number of ketones is 1. The van der Waals surface area contributed by atoms with Crippen LogP contribution in [0.4, 0.5) is 10.1 Å². The molecule has 0 amide bonds. The van der Waals surface area contributed by atoms with Gasteiger partial charge in [-0.15, -0.1) is 0 Å². The summed E-state index contributed by atoms with van der Waals surface area (Å²) in [6.07, 6.45) is 1.13. The second-order valence-electron chi connectivity index (χ2n) is 5.11. The lowest BCUT2D eigenvalue weighted by molar-refractivity contribution is -0.117. The summed E-state index contributed by atoms with van der Waals surface area (Å²) in [7, 11) is 0. The number of anilines is 1. The van der Waals surface area contributed by atoms with Crippen LogP contribution < -0.4 is 4.90 Å². The fourth-order valence-corrected chi connectivity index (χ4v) is 2.69. The monoisotopic (exact) mass is 269 g/mol. The molecule has 0 fully saturated rings. The van der Waals surface area contributed by atoms with Crippen molar-refractivity contribution in [2.75, 3.05) is 18.0 Å². The Morgan fingerprint density at radius 3 is 2.70 bits per heavy atom. The molecule has 0 unspecified atom stereocenters. The molecule has 1 heterocycles. The number of para-hydroxylation sites is 1. The van der Waals surface area contributed by atoms with E-state index in [1.54, 1.807) is 18.2 Å². The second kappa shape index (κ2) is 5.45. The fraction of sp³-hybridized carbons (Fsp3) is 0.235. The van der Waals surface area contributed by atoms with Crippen molar-refractivity contribution in [1.82, 2.24) is 0 Å². The molecule has 102 valence electrons. The van der Waals surface area contributed by atoms with Crippen LogP contribution in [0.25, 0.3) is 0 Å². The van der Waals surface area contributed by atoms with Crippen LogP contribution in [-0.4, -0.2) is 18.9 Å². The van der Waals surface area contributed by atoms with Gasteiger partial charge in [-0.1, -0.05) is 36.4 Å². The zero-order valence-corrected chi connectivity index (χ0v) is 11.2. The van der Waals surface area contributed by atoms with E-state index in [2.05, 4.69) is 11.0 Å². The maximum Gasteiger partial charge on any atom is 0.156 e. The molecule has 3 heteroatoms. The zero-order valence-electron chi connectivity index (χ0n) is 11.2. The first-order chi connectivity index (χ1) is 9.74. The van der Waals surface area contributed by atoms with E-state index in [0.717, 1.165) is 18.7 Å². The van der Waals surface area contributed by atoms with Crippen molar-refractivity contribution in [2.24, 2.45) is 0 Å². The van der Waals surface area contributed by atoms with E-state index >= 15 is 0 Å². The van der Waals surface area contributed by atoms with Crippen LogP contribution in [0.2, 0.25) is 0 Å². The molecule has 0 atom stereocenters. The van der Waals surface area contributed by atoms with Crippen LogP contribution in [-0.2, 0) is 17.6 Å². The van der Waals surface area contributed by atoms with E-state index in [1.807, 2.05) is 18.2 Å². The molecule has 0 saturated carbocycles. The van der Waals surface area contributed by atoms with Crippen molar-refractivity contribution in [3.05, 3.63) is 65.5 Å². The molecular weight excluding hydrogens is 253 g/mol. The molecule has 0 aliphatic carbocycles. The summed E-state index contributed by atoms with van der Waals surface area (Å²) in [4.78, 5) is 14.2. The number of fused-ring (bicyclic) bond motifs is 1. The minimum absolute atomic E-state index is 0.0480. The minimum Gasteiger partial charge on any atom is -0.364 e. The van der Waals surface area contributed by atoms with Crippen molar-refractivity contribution in [3.63, 3.8) is 0 Å². The van der Waals surface area contributed by atoms with Crippen molar-refractivity contribution < 1.29 is 9.18 Å². The van der Waals surface area contributed by atoms with Gasteiger partial charge in [-0.2, -0.15) is 0 Å². The molecule has 0 bridgehead atoms. The van der Waals surface area contributed by atoms with Crippen LogP contribution in [0.5, 0.6) is 0 Å². The van der Waals surface area contributed by atoms with Gasteiger partial charge in [0.1, 0.15) is 5.82 Å². The normalized spacial score (nSPS) is 13.3. The van der Waals surface area contributed by atoms with Crippen LogP contribution in [0.15, 0.2) is 48.5 Å². The lowest BCUT2D eigenvalue weighted by Crippen LogP contribution is -2.29. The Balaban J connectivity index is 1.68. The Labute approximate surface area is 117 Å². The highest BCUT2D eigenvalue weighted by atomic mass is 19.1. The zero-order chi connectivity index (χ0) is 13.9. The SMILES string of the molecule is O=C(Cc1ccccc1F)CN1CCc2ccccc21. The fourth-order valence-electron chi connectivity index (χ4n) is 2.69. The van der Waals surface area contributed by atoms with E-state index in [-0.39, 0.29) is 18.0 Å². The van der Waals surface area contributed by atoms with Gasteiger partial charge in [0.2, 0.25) is 0 Å². The van der Waals surface area contributed by atoms with Gasteiger partial charge in [-0.3, -0.25) is 4.79 Å². The summed E-state index contributed by atoms with van der Waals surface area (Å²) in [5.74, 6) is -0.255. The quantitative estimate of drug-likeness (QED) is 0.850. The number of halogens is 1. The summed E-state index contributed by atoms with van der Waals surface area (Å²) >= 11 is 0. The molecule has 0 aromatic heterocycles. The molecular formula is C17H16FNO. The number of carbonyl (C=O) groups is 1. The van der Waals surface area contributed by atoms with E-state index in [4.69, 9.17) is 0 Å². The third-order valence-corrected chi connectivity index (χ3v) is 3.70. The van der Waals surface area contributed by atoms with Crippen molar-refractivity contribution in [1.29, 1.82) is 0 Å². The molecule has 20 heavy (non-hydrogen) atoms. The Morgan fingerprint density at radius 2 is 1.85 bits per heavy atom. The molecule has 2 aromatic carbocycles. The Kier molecular flexibility index (Phi) is 3.50. The summed E-state index contributed by atoms with van der Waals surface area (Å²) in [6, 6.07) is 14.6. The smallest absolute Gasteiger partial charge is 0.156 e. The van der Waals surface area contributed by atoms with Crippen LogP contribution in [0.3, 0.4) is 0 Å². The highest BCUT2D eigenvalue weighted by Crippen LogP contribution is 2.27. The Bertz CT molecular complexity index is 638. The lowest BCUT2D eigenvalue weighted by atomic mass is 10.1. The van der Waals surface area contributed by atoms with Gasteiger partial charge in [0.15, 0.2) is 5.78 Å². The van der Waals surface area contributed by atoms with E-state index < -0.39 is 0 Å². The number of hydrogen-bond acceptors (Lipinski definition) is 2. The van der Waals surface area contributed by atoms with E-state index in [0.29, 0.717) is 12.1 Å². The van der Waals surface area contributed by atoms with Gasteiger partial charge in [-0.25, -0.2) is 4.39 Å². The van der Waals surface area contributed by atoms with Gasteiger partial charge >= 0.3 is 0 Å². The topological polar surface area (TPSA) is 20.3 Å². The number of hydrogen-bond donors (Lipinski definition) is 0. The summed E-state index contributed by atoms with van der Waals surface area (Å²) in [6.45, 7) is 1.22. The molecule has 0 N–H and O–H groups in total. The summed E-state index contributed by atoms with van der Waals surface area (Å²) in [5.41, 5.74) is 2.89. The highest BCUT2D eigenvalue weighted by Gasteiger charge is 2.20. The van der Waals surface area contributed by atoms with Crippen molar-refractivity contribution in [3.8, 4) is 0 Å². The van der Waals surface area contributed by atoms with Gasteiger partial charge in [-0.05, 0) is 29.7 Å². The molecule has 3 rings (SSSR count). The Hall–Kier alpha value is -2.16. The number of nitrogens with zero attached hydrogens (tertiary/aromatic N) is 1. The molecule has 0 spiro atoms. The lowest BCUT2D eigenvalue weighted by Gasteiger charge is -2.18. The first-order valence-electron chi connectivity index (χ1n) is 6.82. The van der Waals surface area contributed by atoms with Gasteiger partial charge in [0.25, 0.3) is 0 Å². The molecule has 0 radical (unpaired) electrons. The largest absolute Gasteiger partial charge is 0.364 e. The maximum absolute atomic E-state index is 13.5. The third-order valence-electron chi connectivity index (χ3n) is 3.70. The predicted octanol–water partition coefficient (Wildman–Crippen LogP) is 3.00. The number of rotatable bonds is 4. The number of carbonyl (C=O) groups excluding carboxylic acids is 1. The van der Waals surface area contributed by atoms with Gasteiger partial charge in [0.05, 0.1) is 6.54 Å². The Morgan fingerprint density at radius 1 is 1.10 bits per heavy atom. The van der Waals surface area contributed by atoms with E-state index in [1.165, 1.54) is 11.6 Å². The van der Waals surface area contributed by atoms with Gasteiger partial charge in [0, 0.05) is 18.7 Å². The first-order valence-corrected chi connectivity index (χ1v) is 6.82. The van der Waals surface area contributed by atoms with Crippen molar-refractivity contribution in [2.45, 2.75) is 12.8 Å². The molecule has 0 saturated heterocycles. The average molecular weight is 269 g/mol. The van der Waals surface area contributed by atoms with Crippen molar-refractivity contribution >= 4 is 11.5 Å². The number of Topliss-reactive ketones (excluding diaryl/α,β-unsaturated/α-hetero) is 1. The molecule has 2 aromatic rings. The minimum atomic E-state index is -0.303. The average Bonchev–Trinajstić information content (AvgIpc) is 2.85. The van der Waals surface area contributed by atoms with E-state index in [9.17, 15) is 9.18 Å². The first kappa shape index (κ1) is 12.9. The molecule has 1 aliphatic heterocycles. The summed E-state index contributed by atoms with van der Waals surface area (Å²) < 4.78 is 13.5. The van der Waals surface area contributed by atoms with Gasteiger partial charge < -0.3 is 4.90 Å². The predicted molar refractivity (Wildman–Crippen MR) is 77.5 cm³/mol. The van der Waals surface area contributed by atoms with Crippen LogP contribution >= 0.6 is 0 Å². The maximum atomic E-state index is 13.5. The van der Waals surface area contributed by atoms with Crippen LogP contribution in [0.1, 0.15) is 11.1 Å². The summed E-state index contributed by atoms with van der Waals surface area (Å²) in [5, 5.41) is 0. The third kappa shape index (κ3) is 2.57. The van der Waals surface area contributed by atoms with Crippen LogP contribution in [0, 0.1) is 5.82 Å². The molecule has 1 aliphatic rings. The second-order valence-corrected chi connectivity index (χ2v) is 5.11. The number of benzene rings is 2. The molecule has 2 nitrogen and oxygen atoms in total.